The fraction of sp³-hybridized carbons (Fsp3) is 0.235. The van der Waals surface area contributed by atoms with E-state index in [0.29, 0.717) is 23.2 Å². The van der Waals surface area contributed by atoms with Gasteiger partial charge in [0.05, 0.1) is 29.6 Å². The summed E-state index contributed by atoms with van der Waals surface area (Å²) >= 11 is 0. The maximum absolute atomic E-state index is 11.6. The third-order valence-corrected chi connectivity index (χ3v) is 3.73. The van der Waals surface area contributed by atoms with Crippen LogP contribution in [0, 0.1) is 20.8 Å². The van der Waals surface area contributed by atoms with Crippen molar-refractivity contribution in [2.75, 3.05) is 12.4 Å². The number of carbonyl (C=O) groups is 1. The minimum Gasteiger partial charge on any atom is -0.465 e. The first kappa shape index (κ1) is 15.8. The summed E-state index contributed by atoms with van der Waals surface area (Å²) in [5.74, 6) is 0.277. The lowest BCUT2D eigenvalue weighted by molar-refractivity contribution is 0.0599. The Morgan fingerprint density at radius 2 is 1.79 bits per heavy atom. The number of ether oxygens (including phenoxy) is 1. The fourth-order valence-electron chi connectivity index (χ4n) is 2.44. The van der Waals surface area contributed by atoms with Crippen LogP contribution in [0.1, 0.15) is 27.3 Å². The average molecular weight is 323 g/mol. The van der Waals surface area contributed by atoms with E-state index >= 15 is 0 Å². The molecule has 24 heavy (non-hydrogen) atoms. The van der Waals surface area contributed by atoms with Gasteiger partial charge in [0.2, 0.25) is 11.9 Å². The number of aryl methyl sites for hydroxylation is 3. The number of carbonyl (C=O) groups excluding carboxylic acids is 1. The van der Waals surface area contributed by atoms with Crippen molar-refractivity contribution in [2.45, 2.75) is 20.8 Å². The molecule has 0 radical (unpaired) electrons. The predicted octanol–water partition coefficient (Wildman–Crippen LogP) is 2.88. The molecule has 3 rings (SSSR count). The number of rotatable bonds is 3. The molecule has 7 nitrogen and oxygen atoms in total. The van der Waals surface area contributed by atoms with Gasteiger partial charge in [-0.05, 0) is 26.3 Å². The van der Waals surface area contributed by atoms with Crippen LogP contribution in [0.5, 0.6) is 0 Å². The van der Waals surface area contributed by atoms with E-state index in [1.165, 1.54) is 13.3 Å². The van der Waals surface area contributed by atoms with Gasteiger partial charge in [0.15, 0.2) is 0 Å². The Balaban J connectivity index is 1.97. The molecule has 0 saturated carbocycles. The van der Waals surface area contributed by atoms with Crippen LogP contribution < -0.4 is 5.32 Å². The molecule has 0 amide bonds. The summed E-state index contributed by atoms with van der Waals surface area (Å²) in [4.78, 5) is 29.0. The monoisotopic (exact) mass is 323 g/mol. The van der Waals surface area contributed by atoms with E-state index in [1.54, 1.807) is 6.92 Å². The van der Waals surface area contributed by atoms with Crippen molar-refractivity contribution < 1.29 is 9.53 Å². The van der Waals surface area contributed by atoms with Crippen molar-refractivity contribution in [1.82, 2.24) is 19.9 Å². The number of benzene rings is 1. The van der Waals surface area contributed by atoms with E-state index in [9.17, 15) is 4.79 Å². The molecule has 0 spiro atoms. The van der Waals surface area contributed by atoms with E-state index in [2.05, 4.69) is 30.0 Å². The molecule has 0 bridgehead atoms. The lowest BCUT2D eigenvalue weighted by Crippen LogP contribution is -2.09. The molecular weight excluding hydrogens is 306 g/mol. The van der Waals surface area contributed by atoms with Gasteiger partial charge < -0.3 is 4.74 Å². The zero-order chi connectivity index (χ0) is 17.3. The minimum atomic E-state index is -0.465. The Kier molecular flexibility index (Phi) is 4.07. The van der Waals surface area contributed by atoms with Crippen molar-refractivity contribution in [3.05, 3.63) is 46.9 Å². The average Bonchev–Trinajstić information content (AvgIpc) is 2.55. The lowest BCUT2D eigenvalue weighted by atomic mass is 10.1. The summed E-state index contributed by atoms with van der Waals surface area (Å²) in [6.07, 6.45) is 1.43. The highest BCUT2D eigenvalue weighted by Gasteiger charge is 2.13. The van der Waals surface area contributed by atoms with Gasteiger partial charge >= 0.3 is 5.97 Å². The second-order valence-electron chi connectivity index (χ2n) is 5.41. The number of esters is 1. The molecule has 0 unspecified atom stereocenters. The Bertz CT molecular complexity index is 940. The Morgan fingerprint density at radius 1 is 1.04 bits per heavy atom. The number of fused-ring (bicyclic) bond motifs is 1. The molecule has 0 atom stereocenters. The largest absolute Gasteiger partial charge is 0.465 e. The second-order valence-corrected chi connectivity index (χ2v) is 5.41. The molecule has 7 heteroatoms. The lowest BCUT2D eigenvalue weighted by Gasteiger charge is -2.09. The highest BCUT2D eigenvalue weighted by Crippen LogP contribution is 2.21. The molecule has 0 aliphatic carbocycles. The molecule has 0 fully saturated rings. The van der Waals surface area contributed by atoms with Crippen molar-refractivity contribution in [3.8, 4) is 0 Å². The van der Waals surface area contributed by atoms with Crippen molar-refractivity contribution in [1.29, 1.82) is 0 Å². The maximum Gasteiger partial charge on any atom is 0.341 e. The van der Waals surface area contributed by atoms with E-state index < -0.39 is 5.97 Å². The van der Waals surface area contributed by atoms with Crippen molar-refractivity contribution >= 4 is 28.8 Å². The molecule has 2 heterocycles. The van der Waals surface area contributed by atoms with Crippen LogP contribution in [0.2, 0.25) is 0 Å². The molecule has 2 aromatic heterocycles. The van der Waals surface area contributed by atoms with Gasteiger partial charge in [-0.25, -0.2) is 24.7 Å². The molecule has 0 aliphatic rings. The SMILES string of the molecule is COC(=O)c1cnc(Nc2nc(C)c3cccc(C)c3n2)nc1C. The summed E-state index contributed by atoms with van der Waals surface area (Å²) in [6.45, 7) is 5.65. The van der Waals surface area contributed by atoms with E-state index in [0.717, 1.165) is 22.2 Å². The summed E-state index contributed by atoms with van der Waals surface area (Å²) in [6, 6.07) is 5.98. The van der Waals surface area contributed by atoms with Crippen LogP contribution in [-0.2, 0) is 4.74 Å². The smallest absolute Gasteiger partial charge is 0.341 e. The van der Waals surface area contributed by atoms with Crippen LogP contribution in [0.3, 0.4) is 0 Å². The van der Waals surface area contributed by atoms with Crippen LogP contribution in [0.4, 0.5) is 11.9 Å². The van der Waals surface area contributed by atoms with Crippen molar-refractivity contribution in [2.24, 2.45) is 0 Å². The van der Waals surface area contributed by atoms with Gasteiger partial charge in [-0.2, -0.15) is 0 Å². The third kappa shape index (κ3) is 2.88. The van der Waals surface area contributed by atoms with Gasteiger partial charge in [-0.3, -0.25) is 5.32 Å². The second kappa shape index (κ2) is 6.19. The molecule has 3 aromatic rings. The summed E-state index contributed by atoms with van der Waals surface area (Å²) in [5.41, 5.74) is 3.67. The molecule has 1 aromatic carbocycles. The normalized spacial score (nSPS) is 10.7. The van der Waals surface area contributed by atoms with Gasteiger partial charge in [0.25, 0.3) is 0 Å². The summed E-state index contributed by atoms with van der Waals surface area (Å²) < 4.78 is 4.69. The van der Waals surface area contributed by atoms with Crippen LogP contribution in [-0.4, -0.2) is 33.0 Å². The van der Waals surface area contributed by atoms with E-state index in [1.807, 2.05) is 32.0 Å². The quantitative estimate of drug-likeness (QED) is 0.741. The number of aromatic nitrogens is 4. The number of hydrogen-bond donors (Lipinski definition) is 1. The van der Waals surface area contributed by atoms with E-state index in [4.69, 9.17) is 0 Å². The van der Waals surface area contributed by atoms with E-state index in [-0.39, 0.29) is 0 Å². The summed E-state index contributed by atoms with van der Waals surface area (Å²) in [7, 11) is 1.32. The standard InChI is InChI=1S/C17H17N5O2/c1-9-6-5-7-12-10(2)20-17(21-14(9)12)22-16-18-8-13(11(3)19-16)15(23)24-4/h5-8H,1-4H3,(H,18,19,20,21,22). The van der Waals surface area contributed by atoms with Crippen LogP contribution in [0.25, 0.3) is 10.9 Å². The molecule has 122 valence electrons. The molecule has 1 N–H and O–H groups in total. The van der Waals surface area contributed by atoms with Crippen molar-refractivity contribution in [3.63, 3.8) is 0 Å². The first-order valence-electron chi connectivity index (χ1n) is 7.42. The predicted molar refractivity (Wildman–Crippen MR) is 90.4 cm³/mol. The number of hydrogen-bond acceptors (Lipinski definition) is 7. The topological polar surface area (TPSA) is 89.9 Å². The van der Waals surface area contributed by atoms with Gasteiger partial charge in [-0.1, -0.05) is 18.2 Å². The molecular formula is C17H17N5O2. The Labute approximate surface area is 139 Å². The minimum absolute atomic E-state index is 0.326. The summed E-state index contributed by atoms with van der Waals surface area (Å²) in [5, 5.41) is 4.01. The first-order valence-corrected chi connectivity index (χ1v) is 7.42. The zero-order valence-corrected chi connectivity index (χ0v) is 13.9. The van der Waals surface area contributed by atoms with Gasteiger partial charge in [0.1, 0.15) is 0 Å². The maximum atomic E-state index is 11.6. The number of anilines is 2. The van der Waals surface area contributed by atoms with Crippen LogP contribution >= 0.6 is 0 Å². The Hall–Kier alpha value is -3.09. The third-order valence-electron chi connectivity index (χ3n) is 3.73. The van der Waals surface area contributed by atoms with Crippen LogP contribution in [0.15, 0.2) is 24.4 Å². The fourth-order valence-corrected chi connectivity index (χ4v) is 2.44. The number of methoxy groups -OCH3 is 1. The molecule has 0 saturated heterocycles. The zero-order valence-electron chi connectivity index (χ0n) is 13.9. The van der Waals surface area contributed by atoms with Gasteiger partial charge in [-0.15, -0.1) is 0 Å². The highest BCUT2D eigenvalue weighted by molar-refractivity contribution is 5.90. The highest BCUT2D eigenvalue weighted by atomic mass is 16.5. The Morgan fingerprint density at radius 3 is 2.50 bits per heavy atom. The number of nitrogens with zero attached hydrogens (tertiary/aromatic N) is 4. The van der Waals surface area contributed by atoms with Gasteiger partial charge in [0, 0.05) is 11.6 Å². The number of para-hydroxylation sites is 1. The molecule has 0 aliphatic heterocycles. The number of nitrogens with one attached hydrogen (secondary N) is 1. The first-order chi connectivity index (χ1) is 11.5.